The summed E-state index contributed by atoms with van der Waals surface area (Å²) in [7, 11) is 0. The van der Waals surface area contributed by atoms with E-state index in [1.807, 2.05) is 0 Å². The van der Waals surface area contributed by atoms with Crippen LogP contribution in [0.25, 0.3) is 0 Å². The molecule has 0 bridgehead atoms. The number of unbranched alkanes of at least 4 members (excludes halogenated alkanes) is 11. The minimum absolute atomic E-state index is 0.349. The predicted octanol–water partition coefficient (Wildman–Crippen LogP) is 6.24. The summed E-state index contributed by atoms with van der Waals surface area (Å²) in [6, 6.07) is 0. The molecule has 0 aromatic rings. The quantitative estimate of drug-likeness (QED) is 0.276. The fourth-order valence-electron chi connectivity index (χ4n) is 3.46. The van der Waals surface area contributed by atoms with Crippen molar-refractivity contribution in [3.63, 3.8) is 0 Å². The van der Waals surface area contributed by atoms with E-state index in [1.165, 1.54) is 96.3 Å². The van der Waals surface area contributed by atoms with Crippen molar-refractivity contribution in [1.82, 2.24) is 0 Å². The van der Waals surface area contributed by atoms with Gasteiger partial charge in [0.25, 0.3) is 0 Å². The highest BCUT2D eigenvalue weighted by atomic mass is 16.3. The molecule has 2 nitrogen and oxygen atoms in total. The van der Waals surface area contributed by atoms with Gasteiger partial charge in [0.05, 0.1) is 0 Å². The van der Waals surface area contributed by atoms with Crippen molar-refractivity contribution < 1.29 is 10.2 Å². The third kappa shape index (κ3) is 18.1. The average molecular weight is 329 g/mol. The molecule has 1 atom stereocenters. The van der Waals surface area contributed by atoms with E-state index in [0.29, 0.717) is 13.2 Å². The van der Waals surface area contributed by atoms with Crippen molar-refractivity contribution in [3.8, 4) is 0 Å². The van der Waals surface area contributed by atoms with Crippen LogP contribution >= 0.6 is 0 Å². The molecule has 0 heterocycles. The average Bonchev–Trinajstić information content (AvgIpc) is 2.57. The minimum atomic E-state index is 0.349. The van der Waals surface area contributed by atoms with Crippen molar-refractivity contribution in [2.45, 2.75) is 116 Å². The molecule has 0 saturated heterocycles. The van der Waals surface area contributed by atoms with E-state index >= 15 is 0 Å². The van der Waals surface area contributed by atoms with E-state index in [0.717, 1.165) is 18.8 Å². The van der Waals surface area contributed by atoms with Crippen LogP contribution in [0.15, 0.2) is 0 Å². The zero-order chi connectivity index (χ0) is 17.0. The summed E-state index contributed by atoms with van der Waals surface area (Å²) >= 11 is 0. The summed E-state index contributed by atoms with van der Waals surface area (Å²) in [4.78, 5) is 0. The number of hydrogen-bond donors (Lipinski definition) is 2. The van der Waals surface area contributed by atoms with Crippen molar-refractivity contribution in [2.75, 3.05) is 13.2 Å². The first-order valence-corrected chi connectivity index (χ1v) is 10.6. The summed E-state index contributed by atoms with van der Waals surface area (Å²) in [5, 5.41) is 17.8. The van der Waals surface area contributed by atoms with E-state index < -0.39 is 0 Å². The normalized spacial score (nSPS) is 12.7. The Kier molecular flexibility index (Phi) is 19.9. The monoisotopic (exact) mass is 328 g/mol. The van der Waals surface area contributed by atoms with Crippen LogP contribution in [0.2, 0.25) is 0 Å². The van der Waals surface area contributed by atoms with Gasteiger partial charge in [0.2, 0.25) is 0 Å². The molecule has 140 valence electrons. The Labute approximate surface area is 146 Å². The van der Waals surface area contributed by atoms with Gasteiger partial charge in [-0.25, -0.2) is 0 Å². The van der Waals surface area contributed by atoms with E-state index in [-0.39, 0.29) is 0 Å². The van der Waals surface area contributed by atoms with Gasteiger partial charge in [0.15, 0.2) is 0 Å². The molecule has 0 aromatic carbocycles. The maximum atomic E-state index is 9.08. The standard InChI is InChI=1S/C21H44O2/c1-2-3-4-5-6-9-12-16-21(18-15-20-23)17-13-10-7-8-11-14-19-22/h21-23H,2-20H2,1H3. The summed E-state index contributed by atoms with van der Waals surface area (Å²) in [5.74, 6) is 0.843. The van der Waals surface area contributed by atoms with Gasteiger partial charge in [0, 0.05) is 13.2 Å². The van der Waals surface area contributed by atoms with E-state index in [9.17, 15) is 0 Å². The lowest BCUT2D eigenvalue weighted by Gasteiger charge is -2.16. The van der Waals surface area contributed by atoms with Crippen LogP contribution in [-0.2, 0) is 0 Å². The highest BCUT2D eigenvalue weighted by molar-refractivity contribution is 4.61. The zero-order valence-corrected chi connectivity index (χ0v) is 15.9. The van der Waals surface area contributed by atoms with Gasteiger partial charge in [-0.1, -0.05) is 96.8 Å². The zero-order valence-electron chi connectivity index (χ0n) is 15.9. The molecule has 0 aliphatic carbocycles. The summed E-state index contributed by atoms with van der Waals surface area (Å²) < 4.78 is 0. The number of rotatable bonds is 19. The minimum Gasteiger partial charge on any atom is -0.396 e. The predicted molar refractivity (Wildman–Crippen MR) is 102 cm³/mol. The molecule has 2 N–H and O–H groups in total. The largest absolute Gasteiger partial charge is 0.396 e. The lowest BCUT2D eigenvalue weighted by atomic mass is 9.90. The second-order valence-electron chi connectivity index (χ2n) is 7.28. The molecule has 0 aliphatic rings. The third-order valence-corrected chi connectivity index (χ3v) is 5.01. The van der Waals surface area contributed by atoms with E-state index in [1.54, 1.807) is 0 Å². The number of aliphatic hydroxyl groups excluding tert-OH is 2. The lowest BCUT2D eigenvalue weighted by Crippen LogP contribution is -2.02. The SMILES string of the molecule is CCCCCCCCCC(CCCO)CCCCCCCCO. The van der Waals surface area contributed by atoms with Gasteiger partial charge in [-0.3, -0.25) is 0 Å². The Balaban J connectivity index is 3.56. The van der Waals surface area contributed by atoms with Gasteiger partial charge in [-0.05, 0) is 25.2 Å². The fraction of sp³-hybridized carbons (Fsp3) is 1.00. The molecule has 1 unspecified atom stereocenters. The first kappa shape index (κ1) is 22.9. The van der Waals surface area contributed by atoms with Crippen LogP contribution in [0, 0.1) is 5.92 Å². The van der Waals surface area contributed by atoms with Gasteiger partial charge in [0.1, 0.15) is 0 Å². The molecule has 0 rings (SSSR count). The molecular formula is C21H44O2. The summed E-state index contributed by atoms with van der Waals surface area (Å²) in [5.41, 5.74) is 0. The van der Waals surface area contributed by atoms with Gasteiger partial charge in [-0.15, -0.1) is 0 Å². The highest BCUT2D eigenvalue weighted by Crippen LogP contribution is 2.23. The first-order valence-electron chi connectivity index (χ1n) is 10.6. The third-order valence-electron chi connectivity index (χ3n) is 5.01. The Morgan fingerprint density at radius 3 is 1.35 bits per heavy atom. The molecule has 0 spiro atoms. The maximum Gasteiger partial charge on any atom is 0.0431 e. The Hall–Kier alpha value is -0.0800. The Bertz CT molecular complexity index is 188. The molecule has 0 aliphatic heterocycles. The van der Waals surface area contributed by atoms with Gasteiger partial charge < -0.3 is 10.2 Å². The van der Waals surface area contributed by atoms with E-state index in [4.69, 9.17) is 10.2 Å². The van der Waals surface area contributed by atoms with Crippen LogP contribution in [0.3, 0.4) is 0 Å². The molecule has 0 amide bonds. The fourth-order valence-corrected chi connectivity index (χ4v) is 3.46. The van der Waals surface area contributed by atoms with Gasteiger partial charge in [-0.2, -0.15) is 0 Å². The smallest absolute Gasteiger partial charge is 0.0431 e. The molecule has 0 aromatic heterocycles. The van der Waals surface area contributed by atoms with Crippen LogP contribution in [0.1, 0.15) is 116 Å². The highest BCUT2D eigenvalue weighted by Gasteiger charge is 2.08. The van der Waals surface area contributed by atoms with Crippen LogP contribution in [0.4, 0.5) is 0 Å². The first-order chi connectivity index (χ1) is 11.3. The van der Waals surface area contributed by atoms with Crippen molar-refractivity contribution in [2.24, 2.45) is 5.92 Å². The van der Waals surface area contributed by atoms with Crippen molar-refractivity contribution in [3.05, 3.63) is 0 Å². The maximum absolute atomic E-state index is 9.08. The second-order valence-corrected chi connectivity index (χ2v) is 7.28. The molecule has 23 heavy (non-hydrogen) atoms. The summed E-state index contributed by atoms with van der Waals surface area (Å²) in [6.45, 7) is 2.98. The number of hydrogen-bond acceptors (Lipinski definition) is 2. The van der Waals surface area contributed by atoms with Crippen LogP contribution < -0.4 is 0 Å². The van der Waals surface area contributed by atoms with Crippen LogP contribution in [0.5, 0.6) is 0 Å². The van der Waals surface area contributed by atoms with Gasteiger partial charge >= 0.3 is 0 Å². The molecule has 2 heteroatoms. The summed E-state index contributed by atoms with van der Waals surface area (Å²) in [6.07, 6.45) is 22.2. The second kappa shape index (κ2) is 20.0. The van der Waals surface area contributed by atoms with Crippen LogP contribution in [-0.4, -0.2) is 23.4 Å². The van der Waals surface area contributed by atoms with Crippen molar-refractivity contribution in [1.29, 1.82) is 0 Å². The molecule has 0 saturated carbocycles. The molecule has 0 radical (unpaired) electrons. The van der Waals surface area contributed by atoms with E-state index in [2.05, 4.69) is 6.92 Å². The Morgan fingerprint density at radius 1 is 0.478 bits per heavy atom. The van der Waals surface area contributed by atoms with Crippen molar-refractivity contribution >= 4 is 0 Å². The molecule has 0 fully saturated rings. The number of aliphatic hydroxyl groups is 2. The topological polar surface area (TPSA) is 40.5 Å². The molecular weight excluding hydrogens is 284 g/mol. The Morgan fingerprint density at radius 2 is 0.870 bits per heavy atom. The lowest BCUT2D eigenvalue weighted by molar-refractivity contribution is 0.261.